The van der Waals surface area contributed by atoms with Gasteiger partial charge in [-0.25, -0.2) is 4.79 Å². The van der Waals surface area contributed by atoms with Crippen molar-refractivity contribution < 1.29 is 19.8 Å². The Balaban J connectivity index is 2.14. The zero-order valence-electron chi connectivity index (χ0n) is 11.1. The van der Waals surface area contributed by atoms with Crippen LogP contribution in [-0.2, 0) is 9.59 Å². The number of amides is 1. The first-order chi connectivity index (χ1) is 10.1. The topological polar surface area (TPSA) is 86.6 Å². The van der Waals surface area contributed by atoms with Crippen LogP contribution in [-0.4, -0.2) is 22.1 Å². The van der Waals surface area contributed by atoms with Gasteiger partial charge in [-0.05, 0) is 11.1 Å². The van der Waals surface area contributed by atoms with Crippen molar-refractivity contribution in [3.05, 3.63) is 71.8 Å². The highest BCUT2D eigenvalue weighted by Gasteiger charge is 2.25. The SMILES string of the molecule is O=C(N[C@@H](C(=O)O)c1ccccc1)[C@@H](O)c1ccccc1. The normalized spacial score (nSPS) is 13.2. The van der Waals surface area contributed by atoms with Crippen molar-refractivity contribution in [2.24, 2.45) is 0 Å². The molecule has 0 spiro atoms. The number of nitrogens with one attached hydrogen (secondary N) is 1. The van der Waals surface area contributed by atoms with Crippen molar-refractivity contribution in [1.82, 2.24) is 5.32 Å². The maximum absolute atomic E-state index is 12.0. The summed E-state index contributed by atoms with van der Waals surface area (Å²) in [6.07, 6.45) is -1.41. The van der Waals surface area contributed by atoms with Gasteiger partial charge < -0.3 is 15.5 Å². The van der Waals surface area contributed by atoms with Crippen molar-refractivity contribution in [2.75, 3.05) is 0 Å². The monoisotopic (exact) mass is 285 g/mol. The molecule has 0 saturated carbocycles. The number of hydrogen-bond donors (Lipinski definition) is 3. The predicted molar refractivity (Wildman–Crippen MR) is 76.4 cm³/mol. The largest absolute Gasteiger partial charge is 0.479 e. The second-order valence-corrected chi connectivity index (χ2v) is 4.50. The summed E-state index contributed by atoms with van der Waals surface area (Å²) in [5.41, 5.74) is 0.853. The van der Waals surface area contributed by atoms with Gasteiger partial charge in [0, 0.05) is 0 Å². The number of carbonyl (C=O) groups excluding carboxylic acids is 1. The Bertz CT molecular complexity index is 613. The first-order valence-electron chi connectivity index (χ1n) is 6.40. The summed E-state index contributed by atoms with van der Waals surface area (Å²) in [7, 11) is 0. The van der Waals surface area contributed by atoms with Gasteiger partial charge in [-0.1, -0.05) is 60.7 Å². The molecule has 0 bridgehead atoms. The Morgan fingerprint density at radius 1 is 0.857 bits per heavy atom. The molecule has 5 nitrogen and oxygen atoms in total. The van der Waals surface area contributed by atoms with E-state index >= 15 is 0 Å². The van der Waals surface area contributed by atoms with E-state index in [1.165, 1.54) is 0 Å². The maximum atomic E-state index is 12.0. The molecule has 2 aromatic carbocycles. The third-order valence-corrected chi connectivity index (χ3v) is 3.03. The fourth-order valence-electron chi connectivity index (χ4n) is 1.94. The molecule has 0 radical (unpaired) electrons. The number of carboxylic acids is 1. The fraction of sp³-hybridized carbons (Fsp3) is 0.125. The van der Waals surface area contributed by atoms with Gasteiger partial charge >= 0.3 is 5.97 Å². The van der Waals surface area contributed by atoms with Crippen molar-refractivity contribution in [1.29, 1.82) is 0 Å². The van der Waals surface area contributed by atoms with Gasteiger partial charge in [0.2, 0.25) is 0 Å². The Hall–Kier alpha value is -2.66. The molecule has 0 saturated heterocycles. The molecule has 1 amide bonds. The molecule has 2 atom stereocenters. The van der Waals surface area contributed by atoms with Crippen molar-refractivity contribution in [2.45, 2.75) is 12.1 Å². The minimum absolute atomic E-state index is 0.409. The van der Waals surface area contributed by atoms with Gasteiger partial charge in [0.15, 0.2) is 12.1 Å². The fourth-order valence-corrected chi connectivity index (χ4v) is 1.94. The van der Waals surface area contributed by atoms with E-state index in [-0.39, 0.29) is 0 Å². The zero-order valence-corrected chi connectivity index (χ0v) is 11.1. The van der Waals surface area contributed by atoms with Crippen LogP contribution >= 0.6 is 0 Å². The molecule has 0 aromatic heterocycles. The molecule has 0 fully saturated rings. The minimum atomic E-state index is -1.41. The lowest BCUT2D eigenvalue weighted by atomic mass is 10.1. The van der Waals surface area contributed by atoms with E-state index in [4.69, 9.17) is 0 Å². The Labute approximate surface area is 121 Å². The molecule has 0 aliphatic rings. The number of carbonyl (C=O) groups is 2. The molecule has 108 valence electrons. The first-order valence-corrected chi connectivity index (χ1v) is 6.40. The van der Waals surface area contributed by atoms with E-state index in [0.717, 1.165) is 0 Å². The van der Waals surface area contributed by atoms with Crippen LogP contribution in [0.4, 0.5) is 0 Å². The Morgan fingerprint density at radius 3 is 1.81 bits per heavy atom. The highest BCUT2D eigenvalue weighted by atomic mass is 16.4. The van der Waals surface area contributed by atoms with Crippen molar-refractivity contribution >= 4 is 11.9 Å². The standard InChI is InChI=1S/C16H15NO4/c18-14(12-9-5-2-6-10-12)15(19)17-13(16(20)21)11-7-3-1-4-8-11/h1-10,13-14,18H,(H,17,19)(H,20,21)/t13-,14+/m1/s1. The average molecular weight is 285 g/mol. The lowest BCUT2D eigenvalue weighted by Crippen LogP contribution is -2.36. The quantitative estimate of drug-likeness (QED) is 0.779. The second-order valence-electron chi connectivity index (χ2n) is 4.50. The van der Waals surface area contributed by atoms with Crippen molar-refractivity contribution in [3.63, 3.8) is 0 Å². The molecular formula is C16H15NO4. The van der Waals surface area contributed by atoms with Gasteiger partial charge in [0.05, 0.1) is 0 Å². The highest BCUT2D eigenvalue weighted by molar-refractivity contribution is 5.87. The molecule has 5 heteroatoms. The molecule has 0 aliphatic heterocycles. The number of carboxylic acid groups (broad SMARTS) is 1. The first kappa shape index (κ1) is 14.7. The van der Waals surface area contributed by atoms with E-state index < -0.39 is 24.0 Å². The van der Waals surface area contributed by atoms with E-state index in [9.17, 15) is 19.8 Å². The zero-order chi connectivity index (χ0) is 15.2. The van der Waals surface area contributed by atoms with E-state index in [1.807, 2.05) is 0 Å². The van der Waals surface area contributed by atoms with Crippen LogP contribution in [0.25, 0.3) is 0 Å². The lowest BCUT2D eigenvalue weighted by molar-refractivity contribution is -0.143. The summed E-state index contributed by atoms with van der Waals surface area (Å²) in [4.78, 5) is 23.3. The molecule has 0 heterocycles. The average Bonchev–Trinajstić information content (AvgIpc) is 2.53. The van der Waals surface area contributed by atoms with Crippen LogP contribution in [0.1, 0.15) is 23.3 Å². The molecular weight excluding hydrogens is 270 g/mol. The smallest absolute Gasteiger partial charge is 0.330 e. The summed E-state index contributed by atoms with van der Waals surface area (Å²) in [6.45, 7) is 0. The third-order valence-electron chi connectivity index (χ3n) is 3.03. The Morgan fingerprint density at radius 2 is 1.33 bits per heavy atom. The summed E-state index contributed by atoms with van der Waals surface area (Å²) in [6, 6.07) is 15.5. The van der Waals surface area contributed by atoms with Crippen LogP contribution in [0.2, 0.25) is 0 Å². The van der Waals surface area contributed by atoms with Crippen LogP contribution in [0.15, 0.2) is 60.7 Å². The minimum Gasteiger partial charge on any atom is -0.479 e. The molecule has 0 aliphatic carbocycles. The number of hydrogen-bond acceptors (Lipinski definition) is 3. The summed E-state index contributed by atoms with van der Waals surface area (Å²) in [5.74, 6) is -1.94. The molecule has 2 rings (SSSR count). The molecule has 0 unspecified atom stereocenters. The van der Waals surface area contributed by atoms with Gasteiger partial charge in [-0.15, -0.1) is 0 Å². The lowest BCUT2D eigenvalue weighted by Gasteiger charge is -2.17. The third kappa shape index (κ3) is 3.67. The van der Waals surface area contributed by atoms with Gasteiger partial charge in [-0.3, -0.25) is 4.79 Å². The highest BCUT2D eigenvalue weighted by Crippen LogP contribution is 2.17. The van der Waals surface area contributed by atoms with Crippen LogP contribution < -0.4 is 5.32 Å². The maximum Gasteiger partial charge on any atom is 0.330 e. The number of benzene rings is 2. The number of aliphatic hydroxyl groups is 1. The Kier molecular flexibility index (Phi) is 4.68. The van der Waals surface area contributed by atoms with Crippen molar-refractivity contribution in [3.8, 4) is 0 Å². The number of aliphatic carboxylic acids is 1. The second kappa shape index (κ2) is 6.67. The number of aliphatic hydroxyl groups excluding tert-OH is 1. The molecule has 3 N–H and O–H groups in total. The van der Waals surface area contributed by atoms with Gasteiger partial charge in [0.25, 0.3) is 5.91 Å². The predicted octanol–water partition coefficient (Wildman–Crippen LogP) is 1.66. The van der Waals surface area contributed by atoms with E-state index in [1.54, 1.807) is 60.7 Å². The summed E-state index contributed by atoms with van der Waals surface area (Å²) >= 11 is 0. The molecule has 21 heavy (non-hydrogen) atoms. The summed E-state index contributed by atoms with van der Waals surface area (Å²) in [5, 5.41) is 21.5. The molecule has 2 aromatic rings. The van der Waals surface area contributed by atoms with Gasteiger partial charge in [0.1, 0.15) is 0 Å². The van der Waals surface area contributed by atoms with E-state index in [0.29, 0.717) is 11.1 Å². The van der Waals surface area contributed by atoms with Crippen LogP contribution in [0.3, 0.4) is 0 Å². The summed E-state index contributed by atoms with van der Waals surface area (Å²) < 4.78 is 0. The van der Waals surface area contributed by atoms with E-state index in [2.05, 4.69) is 5.32 Å². The van der Waals surface area contributed by atoms with Crippen LogP contribution in [0.5, 0.6) is 0 Å². The number of rotatable bonds is 5. The van der Waals surface area contributed by atoms with Gasteiger partial charge in [-0.2, -0.15) is 0 Å². The van der Waals surface area contributed by atoms with Crippen LogP contribution in [0, 0.1) is 0 Å².